The molecule has 4 nitrogen and oxygen atoms in total. The van der Waals surface area contributed by atoms with Crippen LogP contribution in [0.25, 0.3) is 0 Å². The smallest absolute Gasteiger partial charge is 0.224 e. The van der Waals surface area contributed by atoms with E-state index in [2.05, 4.69) is 11.4 Å². The number of carbonyl (C=O) groups is 1. The Bertz CT molecular complexity index is 807. The zero-order chi connectivity index (χ0) is 17.7. The van der Waals surface area contributed by atoms with Gasteiger partial charge in [0, 0.05) is 17.0 Å². The summed E-state index contributed by atoms with van der Waals surface area (Å²) in [7, 11) is -3.29. The van der Waals surface area contributed by atoms with Gasteiger partial charge in [-0.2, -0.15) is 0 Å². The molecule has 1 amide bonds. The fourth-order valence-electron chi connectivity index (χ4n) is 3.24. The van der Waals surface area contributed by atoms with Crippen molar-refractivity contribution in [3.8, 4) is 0 Å². The number of amides is 1. The molecule has 0 saturated heterocycles. The minimum Gasteiger partial charge on any atom is -0.326 e. The molecule has 2 aromatic rings. The van der Waals surface area contributed by atoms with Crippen LogP contribution in [0.3, 0.4) is 0 Å². The predicted molar refractivity (Wildman–Crippen MR) is 102 cm³/mol. The Balaban J connectivity index is 1.58. The van der Waals surface area contributed by atoms with Gasteiger partial charge in [-0.15, -0.1) is 11.3 Å². The highest BCUT2D eigenvalue weighted by molar-refractivity contribution is 7.92. The highest BCUT2D eigenvalue weighted by Gasteiger charge is 2.30. The molecule has 134 valence electrons. The predicted octanol–water partition coefficient (Wildman–Crippen LogP) is 4.43. The number of carbonyl (C=O) groups excluding carboxylic acids is 1. The summed E-state index contributed by atoms with van der Waals surface area (Å²) in [5.74, 6) is -0.0769. The molecule has 1 fully saturated rings. The molecular formula is C19H23NO3S2. The minimum absolute atomic E-state index is 0.0769. The molecule has 6 heteroatoms. The molecule has 3 rings (SSSR count). The summed E-state index contributed by atoms with van der Waals surface area (Å²) in [6.07, 6.45) is 5.53. The van der Waals surface area contributed by atoms with Gasteiger partial charge >= 0.3 is 0 Å². The van der Waals surface area contributed by atoms with E-state index in [1.165, 1.54) is 4.88 Å². The van der Waals surface area contributed by atoms with Crippen LogP contribution >= 0.6 is 11.3 Å². The highest BCUT2D eigenvalue weighted by atomic mass is 32.2. The van der Waals surface area contributed by atoms with Gasteiger partial charge in [-0.25, -0.2) is 8.42 Å². The second kappa shape index (κ2) is 8.15. The van der Waals surface area contributed by atoms with Gasteiger partial charge in [0.1, 0.15) is 0 Å². The molecule has 0 radical (unpaired) electrons. The molecule has 0 atom stereocenters. The topological polar surface area (TPSA) is 63.2 Å². The van der Waals surface area contributed by atoms with Crippen LogP contribution < -0.4 is 5.32 Å². The molecule has 1 aliphatic rings. The van der Waals surface area contributed by atoms with Crippen molar-refractivity contribution in [1.82, 2.24) is 0 Å². The SMILES string of the molecule is O=C(CCCc1cccs1)Nc1cccc(S(=O)(=O)C2CCCC2)c1. The monoisotopic (exact) mass is 377 g/mol. The van der Waals surface area contributed by atoms with Crippen LogP contribution in [0.15, 0.2) is 46.7 Å². The summed E-state index contributed by atoms with van der Waals surface area (Å²) in [4.78, 5) is 13.7. The van der Waals surface area contributed by atoms with E-state index in [1.54, 1.807) is 35.6 Å². The van der Waals surface area contributed by atoms with Gasteiger partial charge < -0.3 is 5.32 Å². The quantitative estimate of drug-likeness (QED) is 0.776. The average molecular weight is 378 g/mol. The lowest BCUT2D eigenvalue weighted by Crippen LogP contribution is -2.18. The van der Waals surface area contributed by atoms with E-state index in [0.29, 0.717) is 17.0 Å². The molecular weight excluding hydrogens is 354 g/mol. The van der Waals surface area contributed by atoms with Gasteiger partial charge in [0.25, 0.3) is 0 Å². The van der Waals surface area contributed by atoms with Gasteiger partial charge in [0.15, 0.2) is 9.84 Å². The zero-order valence-corrected chi connectivity index (χ0v) is 15.7. The summed E-state index contributed by atoms with van der Waals surface area (Å²) in [5.41, 5.74) is 0.556. The Morgan fingerprint density at radius 3 is 2.68 bits per heavy atom. The lowest BCUT2D eigenvalue weighted by molar-refractivity contribution is -0.116. The molecule has 0 spiro atoms. The van der Waals surface area contributed by atoms with Gasteiger partial charge in [-0.1, -0.05) is 25.0 Å². The summed E-state index contributed by atoms with van der Waals surface area (Å²) >= 11 is 1.70. The van der Waals surface area contributed by atoms with Gasteiger partial charge in [0.05, 0.1) is 10.1 Å². The second-order valence-corrected chi connectivity index (χ2v) is 9.72. The highest BCUT2D eigenvalue weighted by Crippen LogP contribution is 2.30. The normalized spacial score (nSPS) is 15.4. The first-order valence-electron chi connectivity index (χ1n) is 8.72. The molecule has 1 heterocycles. The van der Waals surface area contributed by atoms with Crippen molar-refractivity contribution in [3.05, 3.63) is 46.7 Å². The Morgan fingerprint density at radius 1 is 1.16 bits per heavy atom. The molecule has 0 unspecified atom stereocenters. The van der Waals surface area contributed by atoms with Crippen molar-refractivity contribution in [1.29, 1.82) is 0 Å². The van der Waals surface area contributed by atoms with Crippen molar-refractivity contribution >= 4 is 32.8 Å². The van der Waals surface area contributed by atoms with E-state index in [4.69, 9.17) is 0 Å². The van der Waals surface area contributed by atoms with Gasteiger partial charge in [-0.05, 0) is 55.3 Å². The number of nitrogens with one attached hydrogen (secondary N) is 1. The number of rotatable bonds is 7. The van der Waals surface area contributed by atoms with E-state index in [9.17, 15) is 13.2 Å². The first kappa shape index (κ1) is 18.1. The third kappa shape index (κ3) is 4.70. The summed E-state index contributed by atoms with van der Waals surface area (Å²) in [6.45, 7) is 0. The van der Waals surface area contributed by atoms with Gasteiger partial charge in [-0.3, -0.25) is 4.79 Å². The van der Waals surface area contributed by atoms with Crippen molar-refractivity contribution in [2.45, 2.75) is 55.1 Å². The molecule has 1 aliphatic carbocycles. The number of sulfone groups is 1. The summed E-state index contributed by atoms with van der Waals surface area (Å²) in [6, 6.07) is 10.7. The molecule has 0 bridgehead atoms. The van der Waals surface area contributed by atoms with E-state index in [0.717, 1.165) is 38.5 Å². The molecule has 1 aromatic heterocycles. The van der Waals surface area contributed by atoms with Crippen LogP contribution in [0.1, 0.15) is 43.4 Å². The van der Waals surface area contributed by atoms with Crippen molar-refractivity contribution in [2.75, 3.05) is 5.32 Å². The molecule has 25 heavy (non-hydrogen) atoms. The number of aryl methyl sites for hydroxylation is 1. The van der Waals surface area contributed by atoms with E-state index >= 15 is 0 Å². The van der Waals surface area contributed by atoms with Crippen molar-refractivity contribution < 1.29 is 13.2 Å². The lowest BCUT2D eigenvalue weighted by Gasteiger charge is -2.12. The molecule has 1 saturated carbocycles. The number of thiophene rings is 1. The van der Waals surface area contributed by atoms with Crippen LogP contribution in [0.4, 0.5) is 5.69 Å². The zero-order valence-electron chi connectivity index (χ0n) is 14.1. The average Bonchev–Trinajstić information content (AvgIpc) is 3.29. The number of anilines is 1. The van der Waals surface area contributed by atoms with Crippen LogP contribution in [-0.2, 0) is 21.1 Å². The fraction of sp³-hybridized carbons (Fsp3) is 0.421. The van der Waals surface area contributed by atoms with E-state index in [-0.39, 0.29) is 11.2 Å². The summed E-state index contributed by atoms with van der Waals surface area (Å²) in [5, 5.41) is 4.58. The Kier molecular flexibility index (Phi) is 5.91. The maximum Gasteiger partial charge on any atom is 0.224 e. The maximum absolute atomic E-state index is 12.7. The molecule has 1 aromatic carbocycles. The fourth-order valence-corrected chi connectivity index (χ4v) is 5.89. The van der Waals surface area contributed by atoms with Crippen LogP contribution in [0.2, 0.25) is 0 Å². The van der Waals surface area contributed by atoms with Crippen molar-refractivity contribution in [2.24, 2.45) is 0 Å². The van der Waals surface area contributed by atoms with Crippen molar-refractivity contribution in [3.63, 3.8) is 0 Å². The largest absolute Gasteiger partial charge is 0.326 e. The standard InChI is InChI=1S/C19H23NO3S2/c21-19(12-4-7-16-8-5-13-24-16)20-15-6-3-11-18(14-15)25(22,23)17-9-1-2-10-17/h3,5-6,8,11,13-14,17H,1-2,4,7,9-10,12H2,(H,20,21). The first-order valence-corrected chi connectivity index (χ1v) is 11.1. The minimum atomic E-state index is -3.29. The molecule has 1 N–H and O–H groups in total. The second-order valence-electron chi connectivity index (χ2n) is 6.46. The third-order valence-corrected chi connectivity index (χ3v) is 7.79. The first-order chi connectivity index (χ1) is 12.1. The number of hydrogen-bond donors (Lipinski definition) is 1. The molecule has 0 aliphatic heterocycles. The lowest BCUT2D eigenvalue weighted by atomic mass is 10.2. The van der Waals surface area contributed by atoms with E-state index in [1.807, 2.05) is 11.4 Å². The van der Waals surface area contributed by atoms with Crippen LogP contribution in [0.5, 0.6) is 0 Å². The number of benzene rings is 1. The summed E-state index contributed by atoms with van der Waals surface area (Å²) < 4.78 is 25.3. The van der Waals surface area contributed by atoms with Crippen LogP contribution in [0, 0.1) is 0 Å². The van der Waals surface area contributed by atoms with E-state index < -0.39 is 9.84 Å². The Labute approximate surface area is 153 Å². The Hall–Kier alpha value is -1.66. The van der Waals surface area contributed by atoms with Gasteiger partial charge in [0.2, 0.25) is 5.91 Å². The Morgan fingerprint density at radius 2 is 1.96 bits per heavy atom. The third-order valence-electron chi connectivity index (χ3n) is 4.59. The number of hydrogen-bond acceptors (Lipinski definition) is 4. The van der Waals surface area contributed by atoms with Crippen LogP contribution in [-0.4, -0.2) is 19.6 Å². The maximum atomic E-state index is 12.7.